The minimum atomic E-state index is 0.102. The third kappa shape index (κ3) is 4.84. The Morgan fingerprint density at radius 1 is 1.25 bits per heavy atom. The molecule has 4 heteroatoms. The number of aliphatic hydroxyl groups is 1. The summed E-state index contributed by atoms with van der Waals surface area (Å²) in [5, 5.41) is 21.8. The van der Waals surface area contributed by atoms with E-state index in [0.29, 0.717) is 12.1 Å². The number of nitriles is 1. The smallest absolute Gasteiger partial charge is 0.101 e. The van der Waals surface area contributed by atoms with E-state index in [1.807, 2.05) is 12.1 Å². The lowest BCUT2D eigenvalue weighted by atomic mass is 10.1. The molecule has 0 bridgehead atoms. The normalized spacial score (nSPS) is 10.3. The van der Waals surface area contributed by atoms with E-state index in [4.69, 9.17) is 5.11 Å². The van der Waals surface area contributed by atoms with Crippen molar-refractivity contribution >= 4 is 5.69 Å². The van der Waals surface area contributed by atoms with Crippen LogP contribution in [-0.4, -0.2) is 31.3 Å². The van der Waals surface area contributed by atoms with Crippen molar-refractivity contribution in [2.24, 2.45) is 0 Å². The van der Waals surface area contributed by atoms with Crippen molar-refractivity contribution in [1.82, 2.24) is 5.32 Å². The van der Waals surface area contributed by atoms with Crippen LogP contribution in [0.15, 0.2) is 18.2 Å². The van der Waals surface area contributed by atoms with Crippen molar-refractivity contribution in [3.63, 3.8) is 0 Å². The Morgan fingerprint density at radius 3 is 2.65 bits per heavy atom. The van der Waals surface area contributed by atoms with Gasteiger partial charge in [0.1, 0.15) is 6.07 Å². The third-order valence-electron chi connectivity index (χ3n) is 3.14. The summed E-state index contributed by atoms with van der Waals surface area (Å²) >= 11 is 0. The van der Waals surface area contributed by atoms with Gasteiger partial charge in [0, 0.05) is 19.6 Å². The molecule has 0 aromatic heterocycles. The molecule has 1 aromatic carbocycles. The fourth-order valence-corrected chi connectivity index (χ4v) is 2.21. The Labute approximate surface area is 122 Å². The van der Waals surface area contributed by atoms with E-state index in [1.54, 1.807) is 0 Å². The Kier molecular flexibility index (Phi) is 7.71. The molecule has 0 heterocycles. The van der Waals surface area contributed by atoms with Crippen molar-refractivity contribution < 1.29 is 5.11 Å². The Balaban J connectivity index is 2.88. The van der Waals surface area contributed by atoms with E-state index < -0.39 is 0 Å². The van der Waals surface area contributed by atoms with Gasteiger partial charge in [0.15, 0.2) is 0 Å². The first kappa shape index (κ1) is 16.5. The summed E-state index contributed by atoms with van der Waals surface area (Å²) in [4.78, 5) is 2.07. The molecule has 0 atom stereocenters. The van der Waals surface area contributed by atoms with Crippen LogP contribution in [0, 0.1) is 11.3 Å². The van der Waals surface area contributed by atoms with Gasteiger partial charge in [-0.1, -0.05) is 19.9 Å². The summed E-state index contributed by atoms with van der Waals surface area (Å²) in [5.74, 6) is 0. The van der Waals surface area contributed by atoms with E-state index in [2.05, 4.69) is 36.2 Å². The second kappa shape index (κ2) is 9.35. The number of rotatable bonds is 9. The predicted molar refractivity (Wildman–Crippen MR) is 82.7 cm³/mol. The molecular weight excluding hydrogens is 250 g/mol. The zero-order valence-corrected chi connectivity index (χ0v) is 12.5. The van der Waals surface area contributed by atoms with E-state index in [-0.39, 0.29) is 6.61 Å². The highest BCUT2D eigenvalue weighted by molar-refractivity contribution is 5.60. The minimum absolute atomic E-state index is 0.102. The van der Waals surface area contributed by atoms with Gasteiger partial charge in [-0.05, 0) is 37.1 Å². The zero-order valence-electron chi connectivity index (χ0n) is 12.5. The van der Waals surface area contributed by atoms with Crippen LogP contribution in [0.3, 0.4) is 0 Å². The second-order valence-corrected chi connectivity index (χ2v) is 4.85. The summed E-state index contributed by atoms with van der Waals surface area (Å²) in [6, 6.07) is 8.26. The number of hydrogen-bond acceptors (Lipinski definition) is 4. The maximum atomic E-state index is 9.34. The van der Waals surface area contributed by atoms with Crippen molar-refractivity contribution in [3.05, 3.63) is 29.3 Å². The molecule has 1 aromatic rings. The van der Waals surface area contributed by atoms with Gasteiger partial charge < -0.3 is 15.3 Å². The molecule has 1 rings (SSSR count). The molecular formula is C16H25N3O. The van der Waals surface area contributed by atoms with Crippen LogP contribution in [0.4, 0.5) is 5.69 Å². The molecule has 0 aliphatic rings. The van der Waals surface area contributed by atoms with Crippen LogP contribution < -0.4 is 10.2 Å². The molecule has 4 nitrogen and oxygen atoms in total. The van der Waals surface area contributed by atoms with E-state index in [9.17, 15) is 5.26 Å². The molecule has 0 saturated heterocycles. The molecule has 0 fully saturated rings. The van der Waals surface area contributed by atoms with Gasteiger partial charge >= 0.3 is 0 Å². The maximum absolute atomic E-state index is 9.34. The summed E-state index contributed by atoms with van der Waals surface area (Å²) in [6.45, 7) is 7.52. The third-order valence-corrected chi connectivity index (χ3v) is 3.14. The van der Waals surface area contributed by atoms with Gasteiger partial charge in [0.2, 0.25) is 0 Å². The first-order valence-corrected chi connectivity index (χ1v) is 7.36. The molecule has 110 valence electrons. The fourth-order valence-electron chi connectivity index (χ4n) is 2.21. The van der Waals surface area contributed by atoms with Crippen molar-refractivity contribution in [3.8, 4) is 6.07 Å². The first-order chi connectivity index (χ1) is 9.76. The van der Waals surface area contributed by atoms with Gasteiger partial charge in [-0.25, -0.2) is 0 Å². The highest BCUT2D eigenvalue weighted by Crippen LogP contribution is 2.21. The molecule has 0 saturated carbocycles. The summed E-state index contributed by atoms with van der Waals surface area (Å²) < 4.78 is 0. The lowest BCUT2D eigenvalue weighted by Gasteiger charge is -2.24. The zero-order chi connectivity index (χ0) is 14.8. The van der Waals surface area contributed by atoms with Crippen LogP contribution in [0.2, 0.25) is 0 Å². The van der Waals surface area contributed by atoms with Crippen LogP contribution in [0.1, 0.15) is 37.8 Å². The van der Waals surface area contributed by atoms with Crippen molar-refractivity contribution in [2.75, 3.05) is 31.1 Å². The Hall–Kier alpha value is -1.57. The summed E-state index contributed by atoms with van der Waals surface area (Å²) in [5.41, 5.74) is 2.73. The van der Waals surface area contributed by atoms with Crippen molar-refractivity contribution in [1.29, 1.82) is 5.26 Å². The van der Waals surface area contributed by atoms with Crippen LogP contribution in [-0.2, 0) is 6.54 Å². The van der Waals surface area contributed by atoms with E-state index in [0.717, 1.165) is 43.7 Å². The lowest BCUT2D eigenvalue weighted by molar-refractivity contribution is 0.302. The first-order valence-electron chi connectivity index (χ1n) is 7.36. The molecule has 0 unspecified atom stereocenters. The molecule has 20 heavy (non-hydrogen) atoms. The van der Waals surface area contributed by atoms with Crippen LogP contribution in [0.25, 0.3) is 0 Å². The fraction of sp³-hybridized carbons (Fsp3) is 0.562. The molecule has 0 aliphatic carbocycles. The monoisotopic (exact) mass is 275 g/mol. The standard InChI is InChI=1S/C16H25N3O/c1-3-7-18-13-14-5-6-16(15(11-14)12-17)19(8-4-2)9-10-20/h5-6,11,18,20H,3-4,7-10,13H2,1-2H3. The number of nitrogens with zero attached hydrogens (tertiary/aromatic N) is 2. The second-order valence-electron chi connectivity index (χ2n) is 4.85. The van der Waals surface area contributed by atoms with E-state index in [1.165, 1.54) is 0 Å². The highest BCUT2D eigenvalue weighted by atomic mass is 16.3. The maximum Gasteiger partial charge on any atom is 0.101 e. The Bertz CT molecular complexity index is 434. The van der Waals surface area contributed by atoms with Gasteiger partial charge in [0.25, 0.3) is 0 Å². The summed E-state index contributed by atoms with van der Waals surface area (Å²) in [7, 11) is 0. The summed E-state index contributed by atoms with van der Waals surface area (Å²) in [6.07, 6.45) is 2.09. The number of benzene rings is 1. The van der Waals surface area contributed by atoms with Gasteiger partial charge in [0.05, 0.1) is 17.9 Å². The van der Waals surface area contributed by atoms with Gasteiger partial charge in [-0.2, -0.15) is 5.26 Å². The Morgan fingerprint density at radius 2 is 2.05 bits per heavy atom. The van der Waals surface area contributed by atoms with Crippen molar-refractivity contribution in [2.45, 2.75) is 33.2 Å². The number of hydrogen-bond donors (Lipinski definition) is 2. The number of anilines is 1. The average Bonchev–Trinajstić information content (AvgIpc) is 2.47. The van der Waals surface area contributed by atoms with E-state index >= 15 is 0 Å². The molecule has 0 aliphatic heterocycles. The lowest BCUT2D eigenvalue weighted by Crippen LogP contribution is -2.28. The van der Waals surface area contributed by atoms with Gasteiger partial charge in [-0.15, -0.1) is 0 Å². The number of nitrogens with one attached hydrogen (secondary N) is 1. The van der Waals surface area contributed by atoms with Crippen LogP contribution in [0.5, 0.6) is 0 Å². The molecule has 2 N–H and O–H groups in total. The van der Waals surface area contributed by atoms with Gasteiger partial charge in [-0.3, -0.25) is 0 Å². The molecule has 0 amide bonds. The largest absolute Gasteiger partial charge is 0.395 e. The predicted octanol–water partition coefficient (Wildman–Crippen LogP) is 2.27. The SMILES string of the molecule is CCCNCc1ccc(N(CCC)CCO)c(C#N)c1. The topological polar surface area (TPSA) is 59.3 Å². The molecule has 0 radical (unpaired) electrons. The highest BCUT2D eigenvalue weighted by Gasteiger charge is 2.10. The minimum Gasteiger partial charge on any atom is -0.395 e. The van der Waals surface area contributed by atoms with Crippen LogP contribution >= 0.6 is 0 Å². The average molecular weight is 275 g/mol. The quantitative estimate of drug-likeness (QED) is 0.679. The molecule has 0 spiro atoms. The number of aliphatic hydroxyl groups excluding tert-OH is 1.